The standard InChI is InChI=1S/C16H24BrNO3/c1-4-10-16(3,21-5-2)15(19)18-13-6-8-14(9-7-13)20-12-11-17/h6-9H,4-5,10-12H2,1-3H3,(H,18,19). The lowest BCUT2D eigenvalue weighted by Crippen LogP contribution is -2.42. The Bertz CT molecular complexity index is 428. The summed E-state index contributed by atoms with van der Waals surface area (Å²) < 4.78 is 11.1. The van der Waals surface area contributed by atoms with Gasteiger partial charge in [-0.1, -0.05) is 29.3 Å². The summed E-state index contributed by atoms with van der Waals surface area (Å²) in [6.07, 6.45) is 1.59. The third-order valence-corrected chi connectivity index (χ3v) is 3.45. The zero-order chi connectivity index (χ0) is 15.7. The maximum atomic E-state index is 12.4. The van der Waals surface area contributed by atoms with E-state index in [9.17, 15) is 4.79 Å². The topological polar surface area (TPSA) is 47.6 Å². The molecule has 0 fully saturated rings. The first-order valence-corrected chi connectivity index (χ1v) is 8.42. The van der Waals surface area contributed by atoms with Crippen molar-refractivity contribution in [2.24, 2.45) is 0 Å². The molecule has 1 N–H and O–H groups in total. The largest absolute Gasteiger partial charge is 0.493 e. The number of hydrogen-bond acceptors (Lipinski definition) is 3. The number of benzene rings is 1. The van der Waals surface area contributed by atoms with Gasteiger partial charge in [0, 0.05) is 17.6 Å². The van der Waals surface area contributed by atoms with Crippen molar-refractivity contribution in [3.63, 3.8) is 0 Å². The van der Waals surface area contributed by atoms with E-state index in [2.05, 4.69) is 21.2 Å². The molecule has 0 spiro atoms. The van der Waals surface area contributed by atoms with Crippen LogP contribution in [0.15, 0.2) is 24.3 Å². The molecule has 1 rings (SSSR count). The highest BCUT2D eigenvalue weighted by Crippen LogP contribution is 2.22. The monoisotopic (exact) mass is 357 g/mol. The maximum Gasteiger partial charge on any atom is 0.256 e. The normalized spacial score (nSPS) is 13.5. The fraction of sp³-hybridized carbons (Fsp3) is 0.562. The molecule has 1 aromatic carbocycles. The first-order valence-electron chi connectivity index (χ1n) is 7.30. The number of alkyl halides is 1. The summed E-state index contributed by atoms with van der Waals surface area (Å²) in [6, 6.07) is 7.35. The van der Waals surface area contributed by atoms with Crippen molar-refractivity contribution >= 4 is 27.5 Å². The summed E-state index contributed by atoms with van der Waals surface area (Å²) in [5.74, 6) is 0.675. The van der Waals surface area contributed by atoms with E-state index in [0.717, 1.165) is 23.2 Å². The van der Waals surface area contributed by atoms with E-state index < -0.39 is 5.60 Å². The van der Waals surface area contributed by atoms with Gasteiger partial charge in [0.1, 0.15) is 11.4 Å². The van der Waals surface area contributed by atoms with Crippen LogP contribution >= 0.6 is 15.9 Å². The van der Waals surface area contributed by atoms with Gasteiger partial charge in [-0.05, 0) is 44.5 Å². The van der Waals surface area contributed by atoms with Gasteiger partial charge < -0.3 is 14.8 Å². The highest BCUT2D eigenvalue weighted by molar-refractivity contribution is 9.09. The van der Waals surface area contributed by atoms with Crippen LogP contribution in [0.25, 0.3) is 0 Å². The molecular formula is C16H24BrNO3. The maximum absolute atomic E-state index is 12.4. The Kier molecular flexibility index (Phi) is 7.75. The molecule has 1 unspecified atom stereocenters. The molecule has 1 atom stereocenters. The Morgan fingerprint density at radius 2 is 1.95 bits per heavy atom. The molecule has 5 heteroatoms. The number of hydrogen-bond donors (Lipinski definition) is 1. The average Bonchev–Trinajstić information content (AvgIpc) is 2.47. The lowest BCUT2D eigenvalue weighted by Gasteiger charge is -2.27. The Labute approximate surface area is 135 Å². The Hall–Kier alpha value is -1.07. The number of carbonyl (C=O) groups excluding carboxylic acids is 1. The zero-order valence-electron chi connectivity index (χ0n) is 12.9. The summed E-state index contributed by atoms with van der Waals surface area (Å²) in [7, 11) is 0. The van der Waals surface area contributed by atoms with Gasteiger partial charge in [0.15, 0.2) is 0 Å². The lowest BCUT2D eigenvalue weighted by molar-refractivity contribution is -0.139. The summed E-state index contributed by atoms with van der Waals surface area (Å²) in [6.45, 7) is 6.91. The van der Waals surface area contributed by atoms with Crippen LogP contribution in [-0.4, -0.2) is 30.1 Å². The third-order valence-electron chi connectivity index (χ3n) is 3.13. The van der Waals surface area contributed by atoms with E-state index in [1.165, 1.54) is 0 Å². The van der Waals surface area contributed by atoms with Crippen LogP contribution in [-0.2, 0) is 9.53 Å². The minimum Gasteiger partial charge on any atom is -0.493 e. The second-order valence-electron chi connectivity index (χ2n) is 4.93. The fourth-order valence-electron chi connectivity index (χ4n) is 2.10. The molecule has 1 amide bonds. The number of halogens is 1. The van der Waals surface area contributed by atoms with E-state index >= 15 is 0 Å². The Balaban J connectivity index is 2.68. The molecule has 0 aromatic heterocycles. The van der Waals surface area contributed by atoms with Crippen molar-refractivity contribution in [2.75, 3.05) is 23.9 Å². The number of anilines is 1. The Morgan fingerprint density at radius 1 is 1.29 bits per heavy atom. The van der Waals surface area contributed by atoms with Crippen LogP contribution < -0.4 is 10.1 Å². The molecule has 0 heterocycles. The third kappa shape index (κ3) is 5.67. The van der Waals surface area contributed by atoms with Crippen molar-refractivity contribution in [2.45, 2.75) is 39.2 Å². The molecule has 1 aromatic rings. The van der Waals surface area contributed by atoms with Gasteiger partial charge in [-0.3, -0.25) is 4.79 Å². The lowest BCUT2D eigenvalue weighted by atomic mass is 9.99. The summed E-state index contributed by atoms with van der Waals surface area (Å²) in [4.78, 5) is 12.4. The van der Waals surface area contributed by atoms with Crippen LogP contribution in [0.1, 0.15) is 33.6 Å². The van der Waals surface area contributed by atoms with Crippen molar-refractivity contribution < 1.29 is 14.3 Å². The molecule has 21 heavy (non-hydrogen) atoms. The number of nitrogens with one attached hydrogen (secondary N) is 1. The van der Waals surface area contributed by atoms with Crippen molar-refractivity contribution in [3.8, 4) is 5.75 Å². The summed E-state index contributed by atoms with van der Waals surface area (Å²) >= 11 is 3.31. The molecular weight excluding hydrogens is 334 g/mol. The van der Waals surface area contributed by atoms with Gasteiger partial charge in [0.2, 0.25) is 0 Å². The van der Waals surface area contributed by atoms with E-state index in [1.807, 2.05) is 45.0 Å². The first-order chi connectivity index (χ1) is 10.1. The number of ether oxygens (including phenoxy) is 2. The minimum atomic E-state index is -0.783. The van der Waals surface area contributed by atoms with Gasteiger partial charge in [-0.25, -0.2) is 0 Å². The SMILES string of the molecule is CCCC(C)(OCC)C(=O)Nc1ccc(OCCBr)cc1. The number of carbonyl (C=O) groups is 1. The zero-order valence-corrected chi connectivity index (χ0v) is 14.5. The molecule has 0 aliphatic rings. The van der Waals surface area contributed by atoms with Gasteiger partial charge in [-0.2, -0.15) is 0 Å². The average molecular weight is 358 g/mol. The van der Waals surface area contributed by atoms with Crippen LogP contribution in [0.2, 0.25) is 0 Å². The van der Waals surface area contributed by atoms with Crippen LogP contribution in [0.3, 0.4) is 0 Å². The number of rotatable bonds is 9. The molecule has 0 aliphatic carbocycles. The summed E-state index contributed by atoms with van der Waals surface area (Å²) in [5.41, 5.74) is -0.0394. The quantitative estimate of drug-likeness (QED) is 0.679. The van der Waals surface area contributed by atoms with Crippen LogP contribution in [0, 0.1) is 0 Å². The van der Waals surface area contributed by atoms with Gasteiger partial charge in [0.05, 0.1) is 6.61 Å². The fourth-order valence-corrected chi connectivity index (χ4v) is 2.26. The molecule has 0 radical (unpaired) electrons. The van der Waals surface area contributed by atoms with Crippen molar-refractivity contribution in [1.82, 2.24) is 0 Å². The van der Waals surface area contributed by atoms with E-state index in [4.69, 9.17) is 9.47 Å². The molecule has 0 bridgehead atoms. The smallest absolute Gasteiger partial charge is 0.256 e. The molecule has 0 aliphatic heterocycles. The summed E-state index contributed by atoms with van der Waals surface area (Å²) in [5, 5.41) is 3.69. The molecule has 4 nitrogen and oxygen atoms in total. The van der Waals surface area contributed by atoms with Gasteiger partial charge in [-0.15, -0.1) is 0 Å². The Morgan fingerprint density at radius 3 is 2.48 bits per heavy atom. The van der Waals surface area contributed by atoms with Gasteiger partial charge in [0.25, 0.3) is 5.91 Å². The first kappa shape index (κ1) is 18.0. The van der Waals surface area contributed by atoms with Crippen LogP contribution in [0.4, 0.5) is 5.69 Å². The second-order valence-corrected chi connectivity index (χ2v) is 5.72. The van der Waals surface area contributed by atoms with E-state index in [0.29, 0.717) is 19.6 Å². The predicted octanol–water partition coefficient (Wildman–Crippen LogP) is 3.99. The van der Waals surface area contributed by atoms with Crippen molar-refractivity contribution in [3.05, 3.63) is 24.3 Å². The predicted molar refractivity (Wildman–Crippen MR) is 89.3 cm³/mol. The minimum absolute atomic E-state index is 0.111. The highest BCUT2D eigenvalue weighted by Gasteiger charge is 2.32. The molecule has 0 saturated carbocycles. The van der Waals surface area contributed by atoms with Gasteiger partial charge >= 0.3 is 0 Å². The molecule has 118 valence electrons. The molecule has 0 saturated heterocycles. The van der Waals surface area contributed by atoms with E-state index in [1.54, 1.807) is 0 Å². The number of amides is 1. The highest BCUT2D eigenvalue weighted by atomic mass is 79.9. The van der Waals surface area contributed by atoms with Crippen LogP contribution in [0.5, 0.6) is 5.75 Å². The van der Waals surface area contributed by atoms with E-state index in [-0.39, 0.29) is 5.91 Å². The van der Waals surface area contributed by atoms with Crippen molar-refractivity contribution in [1.29, 1.82) is 0 Å². The second kappa shape index (κ2) is 9.05.